The van der Waals surface area contributed by atoms with Gasteiger partial charge in [0, 0.05) is 48.6 Å². The van der Waals surface area contributed by atoms with Crippen molar-refractivity contribution in [1.29, 1.82) is 0 Å². The van der Waals surface area contributed by atoms with Crippen molar-refractivity contribution in [3.8, 4) is 11.3 Å². The maximum Gasteiger partial charge on any atom is 0.311 e. The maximum absolute atomic E-state index is 11.7. The third kappa shape index (κ3) is 4.90. The van der Waals surface area contributed by atoms with E-state index < -0.39 is 14.8 Å². The Kier molecular flexibility index (Phi) is 5.92. The van der Waals surface area contributed by atoms with E-state index in [9.17, 15) is 18.5 Å². The minimum Gasteiger partial charge on any atom is -0.378 e. The minimum absolute atomic E-state index is 0.0955. The van der Waals surface area contributed by atoms with Crippen molar-refractivity contribution >= 4 is 32.9 Å². The predicted octanol–water partition coefficient (Wildman–Crippen LogP) is 2.73. The molecule has 0 fully saturated rings. The van der Waals surface area contributed by atoms with Gasteiger partial charge in [0.15, 0.2) is 9.84 Å². The Hall–Kier alpha value is -4.06. The highest BCUT2D eigenvalue weighted by Gasteiger charge is 2.13. The van der Waals surface area contributed by atoms with Gasteiger partial charge in [-0.25, -0.2) is 23.4 Å². The molecule has 0 radical (unpaired) electrons. The van der Waals surface area contributed by atoms with E-state index in [0.717, 1.165) is 5.56 Å². The van der Waals surface area contributed by atoms with Crippen LogP contribution in [0, 0.1) is 10.1 Å². The van der Waals surface area contributed by atoms with Gasteiger partial charge in [0.1, 0.15) is 5.65 Å². The van der Waals surface area contributed by atoms with E-state index in [1.165, 1.54) is 12.3 Å². The van der Waals surface area contributed by atoms with E-state index in [1.807, 2.05) is 10.5 Å². The molecule has 0 bridgehead atoms. The third-order valence-corrected chi connectivity index (χ3v) is 6.15. The average molecular weight is 468 g/mol. The molecule has 170 valence electrons. The number of rotatable bonds is 8. The second-order valence-corrected chi connectivity index (χ2v) is 9.43. The van der Waals surface area contributed by atoms with E-state index in [2.05, 4.69) is 20.3 Å². The molecule has 0 spiro atoms. The molecule has 3 N–H and O–H groups in total. The van der Waals surface area contributed by atoms with Gasteiger partial charge in [0.25, 0.3) is 0 Å². The molecule has 0 aliphatic carbocycles. The lowest BCUT2D eigenvalue weighted by Gasteiger charge is -2.11. The minimum atomic E-state index is -3.28. The number of pyridine rings is 1. The summed E-state index contributed by atoms with van der Waals surface area (Å²) in [6.45, 7) is 0.565. The number of nitrogens with one attached hydrogen (secondary N) is 1. The molecule has 1 aromatic carbocycles. The number of anilines is 2. The number of nitro groups is 1. The Balaban J connectivity index is 1.48. The maximum atomic E-state index is 11.7. The van der Waals surface area contributed by atoms with E-state index in [1.54, 1.807) is 42.7 Å². The number of nitrogens with zero attached hydrogens (tertiary/aromatic N) is 5. The molecule has 0 atom stereocenters. The first-order valence-corrected chi connectivity index (χ1v) is 11.9. The zero-order valence-corrected chi connectivity index (χ0v) is 18.5. The van der Waals surface area contributed by atoms with Gasteiger partial charge in [-0.1, -0.05) is 12.1 Å². The molecule has 4 aromatic rings. The zero-order chi connectivity index (χ0) is 23.6. The topological polar surface area (TPSA) is 158 Å². The summed E-state index contributed by atoms with van der Waals surface area (Å²) in [5.41, 5.74) is 8.23. The van der Waals surface area contributed by atoms with Gasteiger partial charge in [0.05, 0.1) is 15.5 Å². The molecule has 4 rings (SSSR count). The summed E-state index contributed by atoms with van der Waals surface area (Å²) in [6.07, 6.45) is 5.89. The van der Waals surface area contributed by atoms with Crippen LogP contribution in [0.3, 0.4) is 0 Å². The van der Waals surface area contributed by atoms with Crippen LogP contribution in [0.5, 0.6) is 0 Å². The van der Waals surface area contributed by atoms with Crippen molar-refractivity contribution in [1.82, 2.24) is 19.4 Å². The molecular weight excluding hydrogens is 446 g/mol. The van der Waals surface area contributed by atoms with Crippen LogP contribution in [0.4, 0.5) is 17.5 Å². The number of aromatic nitrogens is 4. The van der Waals surface area contributed by atoms with Gasteiger partial charge in [0.2, 0.25) is 11.8 Å². The first-order chi connectivity index (χ1) is 15.7. The highest BCUT2D eigenvalue weighted by atomic mass is 32.2. The highest BCUT2D eigenvalue weighted by Crippen LogP contribution is 2.23. The third-order valence-electron chi connectivity index (χ3n) is 5.02. The summed E-state index contributed by atoms with van der Waals surface area (Å²) in [6, 6.07) is 11.3. The van der Waals surface area contributed by atoms with Crippen molar-refractivity contribution in [2.24, 2.45) is 0 Å². The van der Waals surface area contributed by atoms with Gasteiger partial charge in [-0.3, -0.25) is 14.5 Å². The van der Waals surface area contributed by atoms with Gasteiger partial charge in [-0.05, 0) is 31.0 Å². The van der Waals surface area contributed by atoms with Crippen LogP contribution in [-0.4, -0.2) is 45.5 Å². The van der Waals surface area contributed by atoms with E-state index >= 15 is 0 Å². The molecule has 0 amide bonds. The Morgan fingerprint density at radius 3 is 2.58 bits per heavy atom. The lowest BCUT2D eigenvalue weighted by atomic mass is 10.1. The van der Waals surface area contributed by atoms with Crippen LogP contribution in [0.25, 0.3) is 16.9 Å². The summed E-state index contributed by atoms with van der Waals surface area (Å²) in [4.78, 5) is 23.7. The highest BCUT2D eigenvalue weighted by molar-refractivity contribution is 7.90. The summed E-state index contributed by atoms with van der Waals surface area (Å²) < 4.78 is 25.2. The quantitative estimate of drug-likeness (QED) is 0.226. The average Bonchev–Trinajstić information content (AvgIpc) is 3.25. The molecule has 0 aliphatic heterocycles. The first-order valence-electron chi connectivity index (χ1n) is 10.0. The number of aryl methyl sites for hydroxylation is 1. The second kappa shape index (κ2) is 8.82. The van der Waals surface area contributed by atoms with Gasteiger partial charge >= 0.3 is 5.69 Å². The SMILES string of the molecule is CS(=O)(=O)c1ccc(-c2cc3nccn3c(NCCCc3ccc([N+](=O)[O-])c(N)n3)n2)cc1. The van der Waals surface area contributed by atoms with Crippen molar-refractivity contribution in [3.63, 3.8) is 0 Å². The zero-order valence-electron chi connectivity index (χ0n) is 17.7. The predicted molar refractivity (Wildman–Crippen MR) is 124 cm³/mol. The fourth-order valence-corrected chi connectivity index (χ4v) is 3.97. The van der Waals surface area contributed by atoms with Crippen LogP contribution >= 0.6 is 0 Å². The Bertz CT molecular complexity index is 1430. The number of nitrogens with two attached hydrogens (primary N) is 1. The fraction of sp³-hybridized carbons (Fsp3) is 0.190. The van der Waals surface area contributed by atoms with Crippen LogP contribution < -0.4 is 11.1 Å². The van der Waals surface area contributed by atoms with Crippen molar-refractivity contribution in [3.05, 3.63) is 70.7 Å². The number of sulfone groups is 1. The molecule has 3 heterocycles. The van der Waals surface area contributed by atoms with Crippen LogP contribution in [-0.2, 0) is 16.3 Å². The molecule has 0 saturated heterocycles. The molecule has 33 heavy (non-hydrogen) atoms. The molecule has 11 nitrogen and oxygen atoms in total. The lowest BCUT2D eigenvalue weighted by Crippen LogP contribution is -2.10. The van der Waals surface area contributed by atoms with Gasteiger partial charge < -0.3 is 11.1 Å². The summed E-state index contributed by atoms with van der Waals surface area (Å²) >= 11 is 0. The first kappa shape index (κ1) is 22.1. The molecule has 12 heteroatoms. The number of imidazole rings is 1. The van der Waals surface area contributed by atoms with Crippen molar-refractivity contribution < 1.29 is 13.3 Å². The Morgan fingerprint density at radius 1 is 1.15 bits per heavy atom. The lowest BCUT2D eigenvalue weighted by molar-refractivity contribution is -0.384. The van der Waals surface area contributed by atoms with E-state index in [4.69, 9.17) is 5.73 Å². The largest absolute Gasteiger partial charge is 0.378 e. The van der Waals surface area contributed by atoms with Gasteiger partial charge in [-0.2, -0.15) is 0 Å². The molecule has 0 saturated carbocycles. The molecule has 3 aromatic heterocycles. The summed E-state index contributed by atoms with van der Waals surface area (Å²) in [5.74, 6) is 0.491. The normalized spacial score (nSPS) is 11.5. The monoisotopic (exact) mass is 467 g/mol. The van der Waals surface area contributed by atoms with Crippen LogP contribution in [0.2, 0.25) is 0 Å². The Morgan fingerprint density at radius 2 is 1.91 bits per heavy atom. The number of benzene rings is 1. The van der Waals surface area contributed by atoms with Crippen molar-refractivity contribution in [2.45, 2.75) is 17.7 Å². The second-order valence-electron chi connectivity index (χ2n) is 7.41. The summed E-state index contributed by atoms with van der Waals surface area (Å²) in [5, 5.41) is 14.1. The summed E-state index contributed by atoms with van der Waals surface area (Å²) in [7, 11) is -3.28. The van der Waals surface area contributed by atoms with E-state index in [-0.39, 0.29) is 16.4 Å². The van der Waals surface area contributed by atoms with Crippen molar-refractivity contribution in [2.75, 3.05) is 23.9 Å². The van der Waals surface area contributed by atoms with E-state index in [0.29, 0.717) is 42.4 Å². The molecular formula is C21H21N7O4S. The number of nitrogen functional groups attached to an aromatic ring is 1. The standard InChI is InChI=1S/C21H21N7O4S/c1-33(31,32)16-7-4-14(5-8-16)17-13-19-23-11-12-27(19)21(26-17)24-10-2-3-15-6-9-18(28(29)30)20(22)25-15/h4-9,11-13H,2-3,10H2,1H3,(H2,22,25)(H,24,26). The van der Waals surface area contributed by atoms with Crippen LogP contribution in [0.1, 0.15) is 12.1 Å². The smallest absolute Gasteiger partial charge is 0.311 e. The number of fused-ring (bicyclic) bond motifs is 1. The number of hydrogen-bond donors (Lipinski definition) is 2. The molecule has 0 aliphatic rings. The fourth-order valence-electron chi connectivity index (χ4n) is 3.34. The van der Waals surface area contributed by atoms with Crippen LogP contribution in [0.15, 0.2) is 59.8 Å². The molecule has 0 unspecified atom stereocenters. The number of hydrogen-bond acceptors (Lipinski definition) is 9. The Labute approximate surface area is 189 Å². The van der Waals surface area contributed by atoms with Gasteiger partial charge in [-0.15, -0.1) is 0 Å².